The molecule has 0 spiro atoms. The molecule has 0 aliphatic heterocycles. The summed E-state index contributed by atoms with van der Waals surface area (Å²) in [6.07, 6.45) is 1.01. The number of alkyl halides is 3. The lowest BCUT2D eigenvalue weighted by Gasteiger charge is -2.30. The normalized spacial score (nSPS) is 24.4. The Kier molecular flexibility index (Phi) is 4.50. The SMILES string of the molecule is NCC1CCCCC1Cc1cccc(C(F)(F)F)c1. The van der Waals surface area contributed by atoms with Crippen molar-refractivity contribution in [3.05, 3.63) is 35.4 Å². The summed E-state index contributed by atoms with van der Waals surface area (Å²) in [4.78, 5) is 0. The van der Waals surface area contributed by atoms with Gasteiger partial charge in [0.2, 0.25) is 0 Å². The van der Waals surface area contributed by atoms with Crippen molar-refractivity contribution in [1.82, 2.24) is 0 Å². The van der Waals surface area contributed by atoms with Crippen LogP contribution in [0.25, 0.3) is 0 Å². The Morgan fingerprint density at radius 3 is 2.42 bits per heavy atom. The fraction of sp³-hybridized carbons (Fsp3) is 0.600. The van der Waals surface area contributed by atoms with Crippen molar-refractivity contribution < 1.29 is 13.2 Å². The molecule has 1 aliphatic rings. The first-order valence-electron chi connectivity index (χ1n) is 6.87. The Bertz CT molecular complexity index is 414. The third-order valence-corrected chi connectivity index (χ3v) is 4.12. The Hall–Kier alpha value is -1.03. The lowest BCUT2D eigenvalue weighted by Crippen LogP contribution is -2.28. The highest BCUT2D eigenvalue weighted by Crippen LogP contribution is 2.34. The first-order chi connectivity index (χ1) is 9.00. The van der Waals surface area contributed by atoms with Gasteiger partial charge in [-0.2, -0.15) is 13.2 Å². The highest BCUT2D eigenvalue weighted by Gasteiger charge is 2.31. The molecule has 1 nitrogen and oxygen atoms in total. The van der Waals surface area contributed by atoms with E-state index in [2.05, 4.69) is 0 Å². The van der Waals surface area contributed by atoms with Gasteiger partial charge in [0.1, 0.15) is 0 Å². The van der Waals surface area contributed by atoms with E-state index in [-0.39, 0.29) is 0 Å². The van der Waals surface area contributed by atoms with E-state index in [9.17, 15) is 13.2 Å². The van der Waals surface area contributed by atoms with Crippen LogP contribution in [0.2, 0.25) is 0 Å². The van der Waals surface area contributed by atoms with Gasteiger partial charge < -0.3 is 5.73 Å². The van der Waals surface area contributed by atoms with Crippen molar-refractivity contribution in [2.75, 3.05) is 6.54 Å². The van der Waals surface area contributed by atoms with Crippen LogP contribution in [0.5, 0.6) is 0 Å². The molecule has 0 radical (unpaired) electrons. The predicted molar refractivity (Wildman–Crippen MR) is 69.7 cm³/mol. The first-order valence-corrected chi connectivity index (χ1v) is 6.87. The lowest BCUT2D eigenvalue weighted by molar-refractivity contribution is -0.137. The molecule has 2 rings (SSSR count). The molecule has 4 heteroatoms. The second-order valence-electron chi connectivity index (χ2n) is 5.44. The van der Waals surface area contributed by atoms with Crippen molar-refractivity contribution in [2.45, 2.75) is 38.3 Å². The van der Waals surface area contributed by atoms with Gasteiger partial charge >= 0.3 is 6.18 Å². The molecule has 1 aliphatic carbocycles. The average Bonchev–Trinajstić information content (AvgIpc) is 2.39. The number of halogens is 3. The summed E-state index contributed by atoms with van der Waals surface area (Å²) in [5.41, 5.74) is 5.99. The number of hydrogen-bond donors (Lipinski definition) is 1. The Labute approximate surface area is 112 Å². The summed E-state index contributed by atoms with van der Waals surface area (Å²) in [6.45, 7) is 0.642. The third-order valence-electron chi connectivity index (χ3n) is 4.12. The molecule has 2 N–H and O–H groups in total. The molecule has 0 heterocycles. The highest BCUT2D eigenvalue weighted by molar-refractivity contribution is 5.26. The van der Waals surface area contributed by atoms with E-state index in [1.807, 2.05) is 0 Å². The molecule has 19 heavy (non-hydrogen) atoms. The average molecular weight is 271 g/mol. The monoisotopic (exact) mass is 271 g/mol. The molecule has 0 aromatic heterocycles. The van der Waals surface area contributed by atoms with E-state index in [4.69, 9.17) is 5.73 Å². The summed E-state index contributed by atoms with van der Waals surface area (Å²) >= 11 is 0. The van der Waals surface area contributed by atoms with E-state index >= 15 is 0 Å². The topological polar surface area (TPSA) is 26.0 Å². The summed E-state index contributed by atoms with van der Waals surface area (Å²) in [7, 11) is 0. The standard InChI is InChI=1S/C15H20F3N/c16-15(17,18)14-7-3-4-11(9-14)8-12-5-1-2-6-13(12)10-19/h3-4,7,9,12-13H,1-2,5-6,8,10,19H2. The molecule has 2 atom stereocenters. The number of hydrogen-bond acceptors (Lipinski definition) is 1. The van der Waals surface area contributed by atoms with Crippen molar-refractivity contribution >= 4 is 0 Å². The van der Waals surface area contributed by atoms with Crippen LogP contribution in [-0.4, -0.2) is 6.54 Å². The van der Waals surface area contributed by atoms with Crippen molar-refractivity contribution in [1.29, 1.82) is 0 Å². The Morgan fingerprint density at radius 1 is 1.11 bits per heavy atom. The Morgan fingerprint density at radius 2 is 1.79 bits per heavy atom. The minimum absolute atomic E-state index is 0.433. The fourth-order valence-corrected chi connectivity index (χ4v) is 3.04. The molecule has 1 aromatic rings. The number of benzene rings is 1. The van der Waals surface area contributed by atoms with Crippen LogP contribution in [-0.2, 0) is 12.6 Å². The maximum atomic E-state index is 12.7. The molecular weight excluding hydrogens is 251 g/mol. The van der Waals surface area contributed by atoms with Gasteiger partial charge in [0.25, 0.3) is 0 Å². The van der Waals surface area contributed by atoms with E-state index in [0.717, 1.165) is 24.5 Å². The summed E-state index contributed by atoms with van der Waals surface area (Å²) in [5, 5.41) is 0. The minimum atomic E-state index is -4.25. The quantitative estimate of drug-likeness (QED) is 0.883. The molecule has 0 saturated heterocycles. The smallest absolute Gasteiger partial charge is 0.330 e. The van der Waals surface area contributed by atoms with Crippen LogP contribution in [0.1, 0.15) is 36.8 Å². The van der Waals surface area contributed by atoms with Gasteiger partial charge in [-0.1, -0.05) is 31.0 Å². The highest BCUT2D eigenvalue weighted by atomic mass is 19.4. The number of nitrogens with two attached hydrogens (primary N) is 1. The third kappa shape index (κ3) is 3.72. The van der Waals surface area contributed by atoms with Crippen molar-refractivity contribution in [3.63, 3.8) is 0 Å². The van der Waals surface area contributed by atoms with E-state index in [1.54, 1.807) is 6.07 Å². The molecular formula is C15H20F3N. The van der Waals surface area contributed by atoms with Crippen LogP contribution < -0.4 is 5.73 Å². The van der Waals surface area contributed by atoms with Crippen LogP contribution in [0.3, 0.4) is 0 Å². The van der Waals surface area contributed by atoms with Gasteiger partial charge in [-0.15, -0.1) is 0 Å². The first kappa shape index (κ1) is 14.4. The van der Waals surface area contributed by atoms with Gasteiger partial charge in [0, 0.05) is 0 Å². The molecule has 1 saturated carbocycles. The molecule has 1 fully saturated rings. The van der Waals surface area contributed by atoms with Crippen LogP contribution in [0.15, 0.2) is 24.3 Å². The molecule has 0 amide bonds. The molecule has 106 valence electrons. The van der Waals surface area contributed by atoms with Gasteiger partial charge in [-0.3, -0.25) is 0 Å². The summed E-state index contributed by atoms with van der Waals surface area (Å²) in [5.74, 6) is 0.894. The van der Waals surface area contributed by atoms with Gasteiger partial charge in [0.15, 0.2) is 0 Å². The van der Waals surface area contributed by atoms with Crippen molar-refractivity contribution in [2.24, 2.45) is 17.6 Å². The lowest BCUT2D eigenvalue weighted by atomic mass is 9.76. The Balaban J connectivity index is 2.10. The predicted octanol–water partition coefficient (Wildman–Crippen LogP) is 4.01. The zero-order valence-electron chi connectivity index (χ0n) is 10.9. The summed E-state index contributed by atoms with van der Waals surface area (Å²) in [6, 6.07) is 5.70. The van der Waals surface area contributed by atoms with E-state index in [1.165, 1.54) is 25.0 Å². The largest absolute Gasteiger partial charge is 0.416 e. The number of rotatable bonds is 3. The molecule has 0 bridgehead atoms. The zero-order chi connectivity index (χ0) is 13.9. The van der Waals surface area contributed by atoms with Crippen LogP contribution in [0.4, 0.5) is 13.2 Å². The zero-order valence-corrected chi connectivity index (χ0v) is 10.9. The van der Waals surface area contributed by atoms with E-state index < -0.39 is 11.7 Å². The van der Waals surface area contributed by atoms with Gasteiger partial charge in [-0.25, -0.2) is 0 Å². The molecule has 2 unspecified atom stereocenters. The second-order valence-corrected chi connectivity index (χ2v) is 5.44. The van der Waals surface area contributed by atoms with Gasteiger partial charge in [0.05, 0.1) is 5.56 Å². The van der Waals surface area contributed by atoms with Crippen molar-refractivity contribution in [3.8, 4) is 0 Å². The van der Waals surface area contributed by atoms with E-state index in [0.29, 0.717) is 24.8 Å². The maximum absolute atomic E-state index is 12.7. The van der Waals surface area contributed by atoms with Gasteiger partial charge in [-0.05, 0) is 49.3 Å². The fourth-order valence-electron chi connectivity index (χ4n) is 3.04. The maximum Gasteiger partial charge on any atom is 0.416 e. The second kappa shape index (κ2) is 5.95. The molecule has 1 aromatic carbocycles. The minimum Gasteiger partial charge on any atom is -0.330 e. The van der Waals surface area contributed by atoms with Crippen LogP contribution in [0, 0.1) is 11.8 Å². The summed E-state index contributed by atoms with van der Waals surface area (Å²) < 4.78 is 38.0. The van der Waals surface area contributed by atoms with Crippen LogP contribution >= 0.6 is 0 Å².